The van der Waals surface area contributed by atoms with Crippen LogP contribution in [0.4, 0.5) is 4.39 Å². The average molecular weight is 526 g/mol. The normalized spacial score (nSPS) is 16.6. The van der Waals surface area contributed by atoms with Crippen LogP contribution in [0.25, 0.3) is 10.9 Å². The second-order valence-electron chi connectivity index (χ2n) is 7.26. The molecule has 3 N–H and O–H groups in total. The Bertz CT molecular complexity index is 936. The van der Waals surface area contributed by atoms with Crippen LogP contribution in [0.1, 0.15) is 24.2 Å². The molecule has 4 rings (SSSR count). The molecule has 0 bridgehead atoms. The minimum atomic E-state index is -0.218. The number of aromatic amines is 1. The van der Waals surface area contributed by atoms with Gasteiger partial charge in [0.1, 0.15) is 11.6 Å². The van der Waals surface area contributed by atoms with E-state index >= 15 is 0 Å². The average Bonchev–Trinajstić information content (AvgIpc) is 3.48. The lowest BCUT2D eigenvalue weighted by atomic mass is 10.1. The number of rotatable bonds is 8. The van der Waals surface area contributed by atoms with Crippen LogP contribution >= 0.6 is 24.0 Å². The molecule has 6 nitrogen and oxygen atoms in total. The SMILES string of the molecule is Fc1ccc2[nH]cc(CCNC(=NCC3CCCO3)NCCc3ccco3)c2c1.I. The van der Waals surface area contributed by atoms with Gasteiger partial charge in [-0.25, -0.2) is 4.39 Å². The molecule has 30 heavy (non-hydrogen) atoms. The van der Waals surface area contributed by atoms with Crippen LogP contribution in [-0.2, 0) is 17.6 Å². The first kappa shape index (κ1) is 22.6. The summed E-state index contributed by atoms with van der Waals surface area (Å²) in [5.41, 5.74) is 2.03. The number of fused-ring (bicyclic) bond motifs is 1. The van der Waals surface area contributed by atoms with E-state index in [1.165, 1.54) is 6.07 Å². The topological polar surface area (TPSA) is 74.6 Å². The van der Waals surface area contributed by atoms with Crippen molar-refractivity contribution >= 4 is 40.8 Å². The van der Waals surface area contributed by atoms with E-state index < -0.39 is 0 Å². The van der Waals surface area contributed by atoms with Crippen LogP contribution in [0.5, 0.6) is 0 Å². The molecule has 0 aliphatic carbocycles. The maximum atomic E-state index is 13.6. The zero-order valence-electron chi connectivity index (χ0n) is 16.8. The van der Waals surface area contributed by atoms with Gasteiger partial charge >= 0.3 is 0 Å². The van der Waals surface area contributed by atoms with Gasteiger partial charge in [0.25, 0.3) is 0 Å². The highest BCUT2D eigenvalue weighted by molar-refractivity contribution is 14.0. The fraction of sp³-hybridized carbons (Fsp3) is 0.409. The maximum absolute atomic E-state index is 13.6. The summed E-state index contributed by atoms with van der Waals surface area (Å²) < 4.78 is 24.6. The highest BCUT2D eigenvalue weighted by atomic mass is 127. The number of furan rings is 1. The van der Waals surface area contributed by atoms with Crippen LogP contribution in [0.2, 0.25) is 0 Å². The van der Waals surface area contributed by atoms with Crippen molar-refractivity contribution in [2.45, 2.75) is 31.8 Å². The number of aliphatic imine (C=N–C) groups is 1. The lowest BCUT2D eigenvalue weighted by Crippen LogP contribution is -2.40. The maximum Gasteiger partial charge on any atom is 0.191 e. The first-order valence-corrected chi connectivity index (χ1v) is 10.2. The van der Waals surface area contributed by atoms with Crippen molar-refractivity contribution in [1.82, 2.24) is 15.6 Å². The van der Waals surface area contributed by atoms with Crippen molar-refractivity contribution < 1.29 is 13.5 Å². The van der Waals surface area contributed by atoms with Gasteiger partial charge in [-0.2, -0.15) is 0 Å². The van der Waals surface area contributed by atoms with Gasteiger partial charge in [-0.15, -0.1) is 24.0 Å². The van der Waals surface area contributed by atoms with Gasteiger partial charge in [0.15, 0.2) is 5.96 Å². The quantitative estimate of drug-likeness (QED) is 0.236. The van der Waals surface area contributed by atoms with Crippen molar-refractivity contribution in [3.8, 4) is 0 Å². The molecule has 3 heterocycles. The molecule has 0 spiro atoms. The summed E-state index contributed by atoms with van der Waals surface area (Å²) in [6.07, 6.45) is 7.55. The van der Waals surface area contributed by atoms with Crippen LogP contribution in [-0.4, -0.2) is 43.3 Å². The van der Waals surface area contributed by atoms with E-state index in [-0.39, 0.29) is 35.9 Å². The molecule has 162 valence electrons. The summed E-state index contributed by atoms with van der Waals surface area (Å²) in [5.74, 6) is 1.49. The fourth-order valence-corrected chi connectivity index (χ4v) is 3.59. The molecule has 1 unspecified atom stereocenters. The van der Waals surface area contributed by atoms with Gasteiger partial charge in [0, 0.05) is 43.2 Å². The highest BCUT2D eigenvalue weighted by Crippen LogP contribution is 2.19. The van der Waals surface area contributed by atoms with Gasteiger partial charge in [-0.05, 0) is 55.2 Å². The molecule has 3 aromatic rings. The van der Waals surface area contributed by atoms with Crippen molar-refractivity contribution in [1.29, 1.82) is 0 Å². The summed E-state index contributed by atoms with van der Waals surface area (Å²) in [5, 5.41) is 7.68. The standard InChI is InChI=1S/C22H27FN4O2.HI/c23-17-5-6-21-20(13-17)16(14-26-21)7-9-24-22(27-15-19-4-2-12-29-19)25-10-8-18-3-1-11-28-18;/h1,3,5-6,11,13-14,19,26H,2,4,7-10,12,15H2,(H2,24,25,27);1H. The first-order chi connectivity index (χ1) is 14.3. The largest absolute Gasteiger partial charge is 0.469 e. The molecule has 1 fully saturated rings. The van der Waals surface area contributed by atoms with E-state index in [1.54, 1.807) is 18.4 Å². The van der Waals surface area contributed by atoms with Gasteiger partial charge in [0.2, 0.25) is 0 Å². The third kappa shape index (κ3) is 6.21. The summed E-state index contributed by atoms with van der Waals surface area (Å²) >= 11 is 0. The Hall–Kier alpha value is -2.07. The third-order valence-electron chi connectivity index (χ3n) is 5.14. The molecular weight excluding hydrogens is 498 g/mol. The number of benzene rings is 1. The second-order valence-corrected chi connectivity index (χ2v) is 7.26. The monoisotopic (exact) mass is 526 g/mol. The van der Waals surface area contributed by atoms with Crippen LogP contribution < -0.4 is 10.6 Å². The summed E-state index contributed by atoms with van der Waals surface area (Å²) in [6, 6.07) is 8.68. The number of H-pyrrole nitrogens is 1. The summed E-state index contributed by atoms with van der Waals surface area (Å²) in [7, 11) is 0. The zero-order valence-corrected chi connectivity index (χ0v) is 19.2. The molecular formula is C22H28FIN4O2. The molecule has 1 aliphatic rings. The van der Waals surface area contributed by atoms with Crippen LogP contribution in [0.3, 0.4) is 0 Å². The lowest BCUT2D eigenvalue weighted by Gasteiger charge is -2.13. The Morgan fingerprint density at radius 1 is 1.20 bits per heavy atom. The van der Waals surface area contributed by atoms with Crippen molar-refractivity contribution in [3.05, 3.63) is 59.9 Å². The molecule has 0 amide bonds. The zero-order chi connectivity index (χ0) is 19.9. The van der Waals surface area contributed by atoms with E-state index in [0.29, 0.717) is 13.1 Å². The van der Waals surface area contributed by atoms with E-state index in [0.717, 1.165) is 67.0 Å². The number of ether oxygens (including phenoxy) is 1. The summed E-state index contributed by atoms with van der Waals surface area (Å²) in [6.45, 7) is 2.89. The molecule has 2 aromatic heterocycles. The Morgan fingerprint density at radius 2 is 2.07 bits per heavy atom. The molecule has 1 atom stereocenters. The Balaban J connectivity index is 0.00000256. The van der Waals surface area contributed by atoms with E-state index in [4.69, 9.17) is 14.1 Å². The summed E-state index contributed by atoms with van der Waals surface area (Å²) in [4.78, 5) is 7.89. The van der Waals surface area contributed by atoms with E-state index in [2.05, 4.69) is 15.6 Å². The van der Waals surface area contributed by atoms with Gasteiger partial charge in [-0.3, -0.25) is 4.99 Å². The third-order valence-corrected chi connectivity index (χ3v) is 5.14. The molecule has 1 saturated heterocycles. The Kier molecular flexibility index (Phi) is 8.56. The molecule has 1 aliphatic heterocycles. The number of guanidine groups is 1. The van der Waals surface area contributed by atoms with Crippen LogP contribution in [0, 0.1) is 5.82 Å². The molecule has 8 heteroatoms. The number of aromatic nitrogens is 1. The second kappa shape index (κ2) is 11.4. The smallest absolute Gasteiger partial charge is 0.191 e. The molecule has 1 aromatic carbocycles. The number of nitrogens with zero attached hydrogens (tertiary/aromatic N) is 1. The number of hydrogen-bond donors (Lipinski definition) is 3. The predicted octanol–water partition coefficient (Wildman–Crippen LogP) is 4.02. The van der Waals surface area contributed by atoms with Crippen molar-refractivity contribution in [3.63, 3.8) is 0 Å². The van der Waals surface area contributed by atoms with Gasteiger partial charge in [-0.1, -0.05) is 0 Å². The molecule has 0 saturated carbocycles. The first-order valence-electron chi connectivity index (χ1n) is 10.2. The van der Waals surface area contributed by atoms with Gasteiger partial charge < -0.3 is 24.8 Å². The Labute approximate surface area is 192 Å². The predicted molar refractivity (Wildman–Crippen MR) is 127 cm³/mol. The van der Waals surface area contributed by atoms with Crippen LogP contribution in [0.15, 0.2) is 52.2 Å². The lowest BCUT2D eigenvalue weighted by molar-refractivity contribution is 0.117. The fourth-order valence-electron chi connectivity index (χ4n) is 3.59. The van der Waals surface area contributed by atoms with Crippen molar-refractivity contribution in [2.24, 2.45) is 4.99 Å². The minimum Gasteiger partial charge on any atom is -0.469 e. The highest BCUT2D eigenvalue weighted by Gasteiger charge is 2.15. The van der Waals surface area contributed by atoms with Crippen molar-refractivity contribution in [2.75, 3.05) is 26.2 Å². The van der Waals surface area contributed by atoms with E-state index in [9.17, 15) is 4.39 Å². The number of nitrogens with one attached hydrogen (secondary N) is 3. The van der Waals surface area contributed by atoms with E-state index in [1.807, 2.05) is 18.3 Å². The Morgan fingerprint density at radius 3 is 2.83 bits per heavy atom. The molecule has 0 radical (unpaired) electrons. The minimum absolute atomic E-state index is 0. The number of hydrogen-bond acceptors (Lipinski definition) is 3. The number of halogens is 2. The van der Waals surface area contributed by atoms with Gasteiger partial charge in [0.05, 0.1) is 18.9 Å².